The first kappa shape index (κ1) is 24.9. The lowest BCUT2D eigenvalue weighted by atomic mass is 10.0. The highest BCUT2D eigenvalue weighted by Gasteiger charge is 2.22. The van der Waals surface area contributed by atoms with Gasteiger partial charge in [-0.05, 0) is 49.6 Å². The summed E-state index contributed by atoms with van der Waals surface area (Å²) in [5, 5.41) is 15.3. The number of guanidine groups is 1. The first-order valence-corrected chi connectivity index (χ1v) is 10.9. The predicted octanol–water partition coefficient (Wildman–Crippen LogP) is 3.99. The van der Waals surface area contributed by atoms with Gasteiger partial charge in [-0.3, -0.25) is 0 Å². The third-order valence-electron chi connectivity index (χ3n) is 5.82. The van der Waals surface area contributed by atoms with Crippen LogP contribution >= 0.6 is 24.0 Å². The molecule has 4 rings (SSSR count). The SMILES string of the molecule is Cc1cc(F)ccc1CCNC(=NCc1nnc(C)n1C)NC1CCOc2ccccc21.I. The standard InChI is InChI=1S/C24H29FN6O.HI/c1-16-14-19(25)9-8-18(16)10-12-26-24(27-15-23-30-29-17(2)31(23)3)28-21-11-13-32-22-7-5-4-6-20(21)22;/h4-9,14,21H,10-13,15H2,1-3H3,(H2,26,27,28);1H. The summed E-state index contributed by atoms with van der Waals surface area (Å²) in [6, 6.07) is 13.1. The number of hydrogen-bond acceptors (Lipinski definition) is 4. The minimum absolute atomic E-state index is 0. The van der Waals surface area contributed by atoms with E-state index >= 15 is 0 Å². The van der Waals surface area contributed by atoms with Gasteiger partial charge in [0.25, 0.3) is 0 Å². The molecule has 1 aromatic heterocycles. The number of aromatic nitrogens is 3. The fourth-order valence-electron chi connectivity index (χ4n) is 3.80. The topological polar surface area (TPSA) is 76.4 Å². The van der Waals surface area contributed by atoms with Gasteiger partial charge in [0.15, 0.2) is 11.8 Å². The van der Waals surface area contributed by atoms with E-state index in [2.05, 4.69) is 26.9 Å². The molecule has 0 fully saturated rings. The zero-order valence-corrected chi connectivity index (χ0v) is 21.5. The molecule has 2 heterocycles. The number of aryl methyl sites for hydroxylation is 2. The Labute approximate surface area is 210 Å². The van der Waals surface area contributed by atoms with Crippen LogP contribution in [0, 0.1) is 19.7 Å². The highest BCUT2D eigenvalue weighted by Crippen LogP contribution is 2.31. The van der Waals surface area contributed by atoms with Crippen LogP contribution in [0.4, 0.5) is 4.39 Å². The second-order valence-corrected chi connectivity index (χ2v) is 8.01. The summed E-state index contributed by atoms with van der Waals surface area (Å²) in [4.78, 5) is 4.77. The zero-order chi connectivity index (χ0) is 22.5. The van der Waals surface area contributed by atoms with Crippen molar-refractivity contribution in [1.29, 1.82) is 0 Å². The van der Waals surface area contributed by atoms with Crippen LogP contribution in [0.25, 0.3) is 0 Å². The molecule has 0 saturated carbocycles. The number of aliphatic imine (C=N–C) groups is 1. The largest absolute Gasteiger partial charge is 0.493 e. The van der Waals surface area contributed by atoms with Gasteiger partial charge in [0, 0.05) is 25.6 Å². The van der Waals surface area contributed by atoms with Crippen molar-refractivity contribution in [3.8, 4) is 5.75 Å². The number of hydrogen-bond donors (Lipinski definition) is 2. The van der Waals surface area contributed by atoms with Crippen molar-refractivity contribution in [2.24, 2.45) is 12.0 Å². The van der Waals surface area contributed by atoms with Crippen molar-refractivity contribution in [2.45, 2.75) is 39.3 Å². The van der Waals surface area contributed by atoms with E-state index in [-0.39, 0.29) is 35.8 Å². The molecular formula is C24H30FIN6O. The van der Waals surface area contributed by atoms with Crippen LogP contribution in [0.1, 0.15) is 40.8 Å². The van der Waals surface area contributed by atoms with E-state index in [9.17, 15) is 4.39 Å². The Morgan fingerprint density at radius 3 is 2.79 bits per heavy atom. The Morgan fingerprint density at radius 2 is 2.03 bits per heavy atom. The molecule has 0 amide bonds. The monoisotopic (exact) mass is 564 g/mol. The molecule has 176 valence electrons. The summed E-state index contributed by atoms with van der Waals surface area (Å²) >= 11 is 0. The van der Waals surface area contributed by atoms with E-state index in [0.717, 1.165) is 46.9 Å². The van der Waals surface area contributed by atoms with Gasteiger partial charge in [-0.15, -0.1) is 34.2 Å². The lowest BCUT2D eigenvalue weighted by Crippen LogP contribution is -2.42. The Balaban J connectivity index is 0.00000306. The van der Waals surface area contributed by atoms with E-state index in [4.69, 9.17) is 9.73 Å². The van der Waals surface area contributed by atoms with Crippen molar-refractivity contribution < 1.29 is 9.13 Å². The molecule has 1 aliphatic rings. The number of nitrogens with zero attached hydrogens (tertiary/aromatic N) is 4. The molecule has 2 aromatic carbocycles. The van der Waals surface area contributed by atoms with Crippen molar-refractivity contribution in [3.05, 3.63) is 76.6 Å². The predicted molar refractivity (Wildman–Crippen MR) is 138 cm³/mol. The molecular weight excluding hydrogens is 534 g/mol. The third kappa shape index (κ3) is 6.21. The van der Waals surface area contributed by atoms with Gasteiger partial charge in [-0.1, -0.05) is 24.3 Å². The Kier molecular flexibility index (Phi) is 8.65. The highest BCUT2D eigenvalue weighted by molar-refractivity contribution is 14.0. The van der Waals surface area contributed by atoms with Gasteiger partial charge in [0.1, 0.15) is 23.9 Å². The van der Waals surface area contributed by atoms with Gasteiger partial charge in [0.2, 0.25) is 0 Å². The molecule has 1 aliphatic heterocycles. The number of para-hydroxylation sites is 1. The molecule has 9 heteroatoms. The van der Waals surface area contributed by atoms with Gasteiger partial charge in [-0.2, -0.15) is 0 Å². The summed E-state index contributed by atoms with van der Waals surface area (Å²) in [5.74, 6) is 3.04. The molecule has 1 atom stereocenters. The van der Waals surface area contributed by atoms with Gasteiger partial charge in [0.05, 0.1) is 12.6 Å². The summed E-state index contributed by atoms with van der Waals surface area (Å²) in [6.45, 7) is 5.58. The zero-order valence-electron chi connectivity index (χ0n) is 19.1. The highest BCUT2D eigenvalue weighted by atomic mass is 127. The van der Waals surface area contributed by atoms with Crippen molar-refractivity contribution >= 4 is 29.9 Å². The van der Waals surface area contributed by atoms with Gasteiger partial charge < -0.3 is 19.9 Å². The second-order valence-electron chi connectivity index (χ2n) is 8.01. The number of ether oxygens (including phenoxy) is 1. The minimum Gasteiger partial charge on any atom is -0.493 e. The summed E-state index contributed by atoms with van der Waals surface area (Å²) < 4.78 is 21.1. The van der Waals surface area contributed by atoms with E-state index < -0.39 is 0 Å². The molecule has 0 radical (unpaired) electrons. The van der Waals surface area contributed by atoms with Crippen LogP contribution in [-0.2, 0) is 20.0 Å². The van der Waals surface area contributed by atoms with Crippen molar-refractivity contribution in [2.75, 3.05) is 13.2 Å². The van der Waals surface area contributed by atoms with Crippen molar-refractivity contribution in [3.63, 3.8) is 0 Å². The quantitative estimate of drug-likeness (QED) is 0.269. The van der Waals surface area contributed by atoms with Crippen LogP contribution in [-0.4, -0.2) is 33.9 Å². The van der Waals surface area contributed by atoms with Gasteiger partial charge >= 0.3 is 0 Å². The number of benzene rings is 2. The molecule has 0 saturated heterocycles. The molecule has 0 bridgehead atoms. The molecule has 3 aromatic rings. The molecule has 1 unspecified atom stereocenters. The normalized spacial score (nSPS) is 15.3. The smallest absolute Gasteiger partial charge is 0.192 e. The Morgan fingerprint density at radius 1 is 1.21 bits per heavy atom. The average molecular weight is 564 g/mol. The van der Waals surface area contributed by atoms with Crippen LogP contribution in [0.2, 0.25) is 0 Å². The van der Waals surface area contributed by atoms with Crippen molar-refractivity contribution in [1.82, 2.24) is 25.4 Å². The second kappa shape index (κ2) is 11.4. The summed E-state index contributed by atoms with van der Waals surface area (Å²) in [6.07, 6.45) is 1.61. The number of rotatable bonds is 6. The van der Waals surface area contributed by atoms with Crippen LogP contribution in [0.3, 0.4) is 0 Å². The van der Waals surface area contributed by atoms with Crippen LogP contribution < -0.4 is 15.4 Å². The third-order valence-corrected chi connectivity index (χ3v) is 5.82. The molecule has 0 aliphatic carbocycles. The number of halogens is 2. The fraction of sp³-hybridized carbons (Fsp3) is 0.375. The molecule has 7 nitrogen and oxygen atoms in total. The van der Waals surface area contributed by atoms with Gasteiger partial charge in [-0.25, -0.2) is 9.38 Å². The number of fused-ring (bicyclic) bond motifs is 1. The Bertz CT molecular complexity index is 1120. The van der Waals surface area contributed by atoms with E-state index in [0.29, 0.717) is 25.7 Å². The lowest BCUT2D eigenvalue weighted by molar-refractivity contribution is 0.261. The minimum atomic E-state index is -0.208. The van der Waals surface area contributed by atoms with E-state index in [1.165, 1.54) is 6.07 Å². The Hall–Kier alpha value is -2.69. The lowest BCUT2D eigenvalue weighted by Gasteiger charge is -2.28. The van der Waals surface area contributed by atoms with E-state index in [1.54, 1.807) is 6.07 Å². The number of nitrogens with one attached hydrogen (secondary N) is 2. The van der Waals surface area contributed by atoms with Crippen LogP contribution in [0.5, 0.6) is 5.75 Å². The first-order chi connectivity index (χ1) is 15.5. The molecule has 33 heavy (non-hydrogen) atoms. The van der Waals surface area contributed by atoms with E-state index in [1.807, 2.05) is 49.7 Å². The summed E-state index contributed by atoms with van der Waals surface area (Å²) in [7, 11) is 1.94. The molecule has 2 N–H and O–H groups in total. The molecule has 0 spiro atoms. The average Bonchev–Trinajstić information content (AvgIpc) is 3.11. The summed E-state index contributed by atoms with van der Waals surface area (Å²) in [5.41, 5.74) is 3.18. The maximum absolute atomic E-state index is 13.4. The maximum atomic E-state index is 13.4. The first-order valence-electron chi connectivity index (χ1n) is 10.9. The fourth-order valence-corrected chi connectivity index (χ4v) is 3.80. The van der Waals surface area contributed by atoms with Crippen LogP contribution in [0.15, 0.2) is 47.5 Å². The maximum Gasteiger partial charge on any atom is 0.192 e.